The number of hydrogen-bond acceptors (Lipinski definition) is 2. The lowest BCUT2D eigenvalue weighted by atomic mass is 10.0. The highest BCUT2D eigenvalue weighted by molar-refractivity contribution is 4.65. The maximum absolute atomic E-state index is 5.58. The van der Waals surface area contributed by atoms with Gasteiger partial charge in [-0.1, -0.05) is 20.8 Å². The molecule has 2 nitrogen and oxygen atoms in total. The Morgan fingerprint density at radius 3 is 2.07 bits per heavy atom. The summed E-state index contributed by atoms with van der Waals surface area (Å²) >= 11 is 0. The van der Waals surface area contributed by atoms with Gasteiger partial charge in [0.2, 0.25) is 0 Å². The molecule has 0 bridgehead atoms. The van der Waals surface area contributed by atoms with E-state index in [0.717, 1.165) is 25.6 Å². The SMILES string of the molecule is CNC(C)C(C)CCOCCC(C)C. The molecule has 0 saturated heterocycles. The van der Waals surface area contributed by atoms with Crippen LogP contribution in [-0.2, 0) is 4.74 Å². The summed E-state index contributed by atoms with van der Waals surface area (Å²) in [5.74, 6) is 1.45. The van der Waals surface area contributed by atoms with Crippen LogP contribution in [0.2, 0.25) is 0 Å². The summed E-state index contributed by atoms with van der Waals surface area (Å²) < 4.78 is 5.58. The van der Waals surface area contributed by atoms with Crippen molar-refractivity contribution in [2.24, 2.45) is 11.8 Å². The molecular formula is C12H27NO. The van der Waals surface area contributed by atoms with Crippen LogP contribution < -0.4 is 5.32 Å². The molecule has 0 heterocycles. The molecule has 0 aliphatic heterocycles. The summed E-state index contributed by atoms with van der Waals surface area (Å²) in [5, 5.41) is 3.27. The highest BCUT2D eigenvalue weighted by atomic mass is 16.5. The van der Waals surface area contributed by atoms with E-state index in [1.807, 2.05) is 7.05 Å². The highest BCUT2D eigenvalue weighted by Gasteiger charge is 2.08. The molecule has 0 fully saturated rings. The Labute approximate surface area is 89.4 Å². The van der Waals surface area contributed by atoms with Crippen molar-refractivity contribution in [3.63, 3.8) is 0 Å². The average Bonchev–Trinajstić information content (AvgIpc) is 2.15. The molecule has 0 spiro atoms. The monoisotopic (exact) mass is 201 g/mol. The minimum absolute atomic E-state index is 0.587. The number of rotatable bonds is 8. The van der Waals surface area contributed by atoms with E-state index >= 15 is 0 Å². The molecule has 0 aromatic rings. The maximum atomic E-state index is 5.58. The van der Waals surface area contributed by atoms with Crippen LogP contribution in [0.5, 0.6) is 0 Å². The molecular weight excluding hydrogens is 174 g/mol. The molecule has 0 aliphatic carbocycles. The number of hydrogen-bond donors (Lipinski definition) is 1. The summed E-state index contributed by atoms with van der Waals surface area (Å²) in [7, 11) is 2.01. The third-order valence-corrected chi connectivity index (χ3v) is 2.87. The Hall–Kier alpha value is -0.0800. The Morgan fingerprint density at radius 1 is 1.00 bits per heavy atom. The second-order valence-corrected chi connectivity index (χ2v) is 4.64. The molecule has 14 heavy (non-hydrogen) atoms. The van der Waals surface area contributed by atoms with E-state index in [0.29, 0.717) is 12.0 Å². The molecule has 0 radical (unpaired) electrons. The summed E-state index contributed by atoms with van der Waals surface area (Å²) in [6.45, 7) is 10.8. The van der Waals surface area contributed by atoms with Gasteiger partial charge in [0.25, 0.3) is 0 Å². The van der Waals surface area contributed by atoms with E-state index in [9.17, 15) is 0 Å². The first-order chi connectivity index (χ1) is 6.57. The first-order valence-corrected chi connectivity index (χ1v) is 5.83. The predicted octanol–water partition coefficient (Wildman–Crippen LogP) is 2.68. The van der Waals surface area contributed by atoms with E-state index in [1.165, 1.54) is 6.42 Å². The minimum Gasteiger partial charge on any atom is -0.381 e. The fourth-order valence-corrected chi connectivity index (χ4v) is 1.22. The molecule has 0 amide bonds. The van der Waals surface area contributed by atoms with Crippen LogP contribution in [0.4, 0.5) is 0 Å². The van der Waals surface area contributed by atoms with E-state index in [-0.39, 0.29) is 0 Å². The van der Waals surface area contributed by atoms with Gasteiger partial charge in [-0.05, 0) is 38.6 Å². The fraction of sp³-hybridized carbons (Fsp3) is 1.00. The minimum atomic E-state index is 0.587. The number of ether oxygens (including phenoxy) is 1. The molecule has 0 rings (SSSR count). The molecule has 0 aliphatic rings. The van der Waals surface area contributed by atoms with Crippen molar-refractivity contribution < 1.29 is 4.74 Å². The summed E-state index contributed by atoms with van der Waals surface area (Å²) in [5.41, 5.74) is 0. The summed E-state index contributed by atoms with van der Waals surface area (Å²) in [6.07, 6.45) is 2.33. The predicted molar refractivity (Wildman–Crippen MR) is 62.6 cm³/mol. The smallest absolute Gasteiger partial charge is 0.0469 e. The normalized spacial score (nSPS) is 15.9. The van der Waals surface area contributed by atoms with Gasteiger partial charge in [0.1, 0.15) is 0 Å². The Kier molecular flexibility index (Phi) is 8.20. The van der Waals surface area contributed by atoms with Gasteiger partial charge < -0.3 is 10.1 Å². The van der Waals surface area contributed by atoms with Crippen LogP contribution in [0.15, 0.2) is 0 Å². The first kappa shape index (κ1) is 13.9. The van der Waals surface area contributed by atoms with Crippen molar-refractivity contribution in [3.8, 4) is 0 Å². The average molecular weight is 201 g/mol. The van der Waals surface area contributed by atoms with E-state index < -0.39 is 0 Å². The van der Waals surface area contributed by atoms with Gasteiger partial charge in [-0.25, -0.2) is 0 Å². The zero-order valence-electron chi connectivity index (χ0n) is 10.5. The molecule has 0 aromatic carbocycles. The van der Waals surface area contributed by atoms with Crippen molar-refractivity contribution >= 4 is 0 Å². The van der Waals surface area contributed by atoms with E-state index in [4.69, 9.17) is 4.74 Å². The lowest BCUT2D eigenvalue weighted by Gasteiger charge is -2.19. The quantitative estimate of drug-likeness (QED) is 0.610. The largest absolute Gasteiger partial charge is 0.381 e. The molecule has 1 N–H and O–H groups in total. The Bertz CT molecular complexity index is 125. The van der Waals surface area contributed by atoms with Crippen molar-refractivity contribution in [1.82, 2.24) is 5.32 Å². The third-order valence-electron chi connectivity index (χ3n) is 2.87. The van der Waals surface area contributed by atoms with Crippen molar-refractivity contribution in [2.45, 2.75) is 46.6 Å². The molecule has 2 atom stereocenters. The highest BCUT2D eigenvalue weighted by Crippen LogP contribution is 2.08. The van der Waals surface area contributed by atoms with Gasteiger partial charge in [0.15, 0.2) is 0 Å². The Balaban J connectivity index is 3.27. The van der Waals surface area contributed by atoms with Gasteiger partial charge in [-0.15, -0.1) is 0 Å². The molecule has 2 heteroatoms. The van der Waals surface area contributed by atoms with Crippen molar-refractivity contribution in [3.05, 3.63) is 0 Å². The van der Waals surface area contributed by atoms with Crippen LogP contribution in [0.1, 0.15) is 40.5 Å². The van der Waals surface area contributed by atoms with Gasteiger partial charge in [0.05, 0.1) is 0 Å². The van der Waals surface area contributed by atoms with Gasteiger partial charge in [-0.2, -0.15) is 0 Å². The maximum Gasteiger partial charge on any atom is 0.0469 e. The zero-order valence-corrected chi connectivity index (χ0v) is 10.5. The van der Waals surface area contributed by atoms with Gasteiger partial charge in [0, 0.05) is 19.3 Å². The lowest BCUT2D eigenvalue weighted by molar-refractivity contribution is 0.108. The molecule has 0 saturated carbocycles. The van der Waals surface area contributed by atoms with Crippen LogP contribution in [0.25, 0.3) is 0 Å². The van der Waals surface area contributed by atoms with E-state index in [1.54, 1.807) is 0 Å². The molecule has 86 valence electrons. The molecule has 2 unspecified atom stereocenters. The molecule has 0 aromatic heterocycles. The summed E-state index contributed by atoms with van der Waals surface area (Å²) in [6, 6.07) is 0.587. The third kappa shape index (κ3) is 7.34. The van der Waals surface area contributed by atoms with Crippen LogP contribution in [0, 0.1) is 11.8 Å². The zero-order chi connectivity index (χ0) is 11.0. The lowest BCUT2D eigenvalue weighted by Crippen LogP contribution is -2.29. The summed E-state index contributed by atoms with van der Waals surface area (Å²) in [4.78, 5) is 0. The Morgan fingerprint density at radius 2 is 1.57 bits per heavy atom. The second kappa shape index (κ2) is 8.25. The van der Waals surface area contributed by atoms with Gasteiger partial charge in [-0.3, -0.25) is 0 Å². The topological polar surface area (TPSA) is 21.3 Å². The van der Waals surface area contributed by atoms with Crippen molar-refractivity contribution in [2.75, 3.05) is 20.3 Å². The van der Waals surface area contributed by atoms with Gasteiger partial charge >= 0.3 is 0 Å². The van der Waals surface area contributed by atoms with Crippen molar-refractivity contribution in [1.29, 1.82) is 0 Å². The first-order valence-electron chi connectivity index (χ1n) is 5.83. The van der Waals surface area contributed by atoms with Crippen LogP contribution >= 0.6 is 0 Å². The van der Waals surface area contributed by atoms with Crippen LogP contribution in [0.3, 0.4) is 0 Å². The second-order valence-electron chi connectivity index (χ2n) is 4.64. The fourth-order valence-electron chi connectivity index (χ4n) is 1.22. The van der Waals surface area contributed by atoms with Crippen LogP contribution in [-0.4, -0.2) is 26.3 Å². The standard InChI is InChI=1S/C12H27NO/c1-10(2)6-8-14-9-7-11(3)12(4)13-5/h10-13H,6-9H2,1-5H3. The number of nitrogens with one attached hydrogen (secondary N) is 1. The van der Waals surface area contributed by atoms with E-state index in [2.05, 4.69) is 33.0 Å².